The molecule has 7 heteroatoms. The molecule has 2 rings (SSSR count). The van der Waals surface area contributed by atoms with Crippen LogP contribution in [-0.2, 0) is 0 Å². The molecule has 2 heterocycles. The number of nitrogens with zero attached hydrogens (tertiary/aromatic N) is 6. The first-order chi connectivity index (χ1) is 9.00. The van der Waals surface area contributed by atoms with E-state index < -0.39 is 0 Å². The molecule has 0 saturated heterocycles. The second kappa shape index (κ2) is 5.13. The Labute approximate surface area is 111 Å². The van der Waals surface area contributed by atoms with Crippen molar-refractivity contribution in [2.75, 3.05) is 14.1 Å². The number of carbonyl (C=O) groups excluding carboxylic acids is 1. The Morgan fingerprint density at radius 3 is 2.47 bits per heavy atom. The van der Waals surface area contributed by atoms with Crippen molar-refractivity contribution in [3.05, 3.63) is 30.2 Å². The molecule has 1 amide bonds. The maximum Gasteiger partial charge on any atom is 0.273 e. The molecule has 0 fully saturated rings. The van der Waals surface area contributed by atoms with Crippen molar-refractivity contribution < 1.29 is 4.79 Å². The van der Waals surface area contributed by atoms with Gasteiger partial charge in [0.1, 0.15) is 17.8 Å². The van der Waals surface area contributed by atoms with E-state index in [1.165, 1.54) is 23.6 Å². The van der Waals surface area contributed by atoms with E-state index in [0.717, 1.165) is 5.82 Å². The van der Waals surface area contributed by atoms with Crippen molar-refractivity contribution in [1.82, 2.24) is 29.6 Å². The Morgan fingerprint density at radius 1 is 1.21 bits per heavy atom. The molecule has 0 aliphatic heterocycles. The fourth-order valence-corrected chi connectivity index (χ4v) is 1.59. The van der Waals surface area contributed by atoms with E-state index in [4.69, 9.17) is 0 Å². The van der Waals surface area contributed by atoms with Crippen LogP contribution < -0.4 is 0 Å². The van der Waals surface area contributed by atoms with Gasteiger partial charge in [-0.3, -0.25) is 4.79 Å². The van der Waals surface area contributed by atoms with Gasteiger partial charge in [0.2, 0.25) is 0 Å². The summed E-state index contributed by atoms with van der Waals surface area (Å²) in [4.78, 5) is 25.7. The predicted octanol–water partition coefficient (Wildman–Crippen LogP) is 0.882. The first-order valence-corrected chi connectivity index (χ1v) is 5.94. The normalized spacial score (nSPS) is 10.8. The van der Waals surface area contributed by atoms with Gasteiger partial charge in [-0.2, -0.15) is 9.78 Å². The van der Waals surface area contributed by atoms with Crippen molar-refractivity contribution in [3.8, 4) is 5.82 Å². The summed E-state index contributed by atoms with van der Waals surface area (Å²) in [6, 6.07) is 0. The van der Waals surface area contributed by atoms with Gasteiger partial charge in [0.15, 0.2) is 5.82 Å². The van der Waals surface area contributed by atoms with Gasteiger partial charge in [-0.05, 0) is 0 Å². The molecule has 0 aromatic carbocycles. The largest absolute Gasteiger partial charge is 0.343 e. The first kappa shape index (κ1) is 13.1. The molecule has 0 N–H and O–H groups in total. The fraction of sp³-hybridized carbons (Fsp3) is 0.417. The number of hydrogen-bond acceptors (Lipinski definition) is 5. The standard InChI is InChI=1S/C12H16N6O/c1-8(2)11-15-7-16-18(11)10-6-13-9(5-14-10)12(19)17(3)4/h5-8H,1-4H3. The number of aromatic nitrogens is 5. The van der Waals surface area contributed by atoms with Gasteiger partial charge in [0, 0.05) is 20.0 Å². The smallest absolute Gasteiger partial charge is 0.273 e. The van der Waals surface area contributed by atoms with E-state index in [-0.39, 0.29) is 11.8 Å². The van der Waals surface area contributed by atoms with Crippen LogP contribution >= 0.6 is 0 Å². The molecule has 0 unspecified atom stereocenters. The molecule has 0 bridgehead atoms. The summed E-state index contributed by atoms with van der Waals surface area (Å²) in [7, 11) is 3.35. The van der Waals surface area contributed by atoms with Crippen LogP contribution in [0.3, 0.4) is 0 Å². The number of amides is 1. The van der Waals surface area contributed by atoms with Crippen molar-refractivity contribution in [2.24, 2.45) is 0 Å². The third kappa shape index (κ3) is 2.59. The van der Waals surface area contributed by atoms with Gasteiger partial charge in [0.25, 0.3) is 5.91 Å². The minimum Gasteiger partial charge on any atom is -0.343 e. The number of rotatable bonds is 3. The Balaban J connectivity index is 2.33. The Bertz CT molecular complexity index is 572. The van der Waals surface area contributed by atoms with E-state index >= 15 is 0 Å². The van der Waals surface area contributed by atoms with E-state index in [9.17, 15) is 4.79 Å². The summed E-state index contributed by atoms with van der Waals surface area (Å²) in [6.07, 6.45) is 4.46. The van der Waals surface area contributed by atoms with Crippen LogP contribution in [0.25, 0.3) is 5.82 Å². The predicted molar refractivity (Wildman–Crippen MR) is 69.1 cm³/mol. The fourth-order valence-electron chi connectivity index (χ4n) is 1.59. The zero-order valence-electron chi connectivity index (χ0n) is 11.4. The zero-order valence-corrected chi connectivity index (χ0v) is 11.4. The molecule has 0 spiro atoms. The van der Waals surface area contributed by atoms with E-state index in [1.807, 2.05) is 13.8 Å². The van der Waals surface area contributed by atoms with Crippen LogP contribution in [-0.4, -0.2) is 49.6 Å². The first-order valence-electron chi connectivity index (χ1n) is 5.94. The summed E-state index contributed by atoms with van der Waals surface area (Å²) in [5, 5.41) is 4.13. The summed E-state index contributed by atoms with van der Waals surface area (Å²) in [5.41, 5.74) is 0.306. The van der Waals surface area contributed by atoms with Crippen LogP contribution in [0.1, 0.15) is 36.1 Å². The lowest BCUT2D eigenvalue weighted by Crippen LogP contribution is -2.23. The van der Waals surface area contributed by atoms with Gasteiger partial charge in [-0.1, -0.05) is 13.8 Å². The summed E-state index contributed by atoms with van der Waals surface area (Å²) in [6.45, 7) is 4.05. The highest BCUT2D eigenvalue weighted by Gasteiger charge is 2.14. The van der Waals surface area contributed by atoms with Gasteiger partial charge in [-0.25, -0.2) is 15.0 Å². The lowest BCUT2D eigenvalue weighted by molar-refractivity contribution is 0.0821. The van der Waals surface area contributed by atoms with Crippen molar-refractivity contribution >= 4 is 5.91 Å². The summed E-state index contributed by atoms with van der Waals surface area (Å²) < 4.78 is 1.63. The van der Waals surface area contributed by atoms with E-state index in [1.54, 1.807) is 18.8 Å². The summed E-state index contributed by atoms with van der Waals surface area (Å²) >= 11 is 0. The highest BCUT2D eigenvalue weighted by atomic mass is 16.2. The number of carbonyl (C=O) groups is 1. The lowest BCUT2D eigenvalue weighted by Gasteiger charge is -2.10. The van der Waals surface area contributed by atoms with Crippen LogP contribution in [0, 0.1) is 0 Å². The molecule has 100 valence electrons. The topological polar surface area (TPSA) is 76.8 Å². The van der Waals surface area contributed by atoms with Crippen molar-refractivity contribution in [3.63, 3.8) is 0 Å². The average Bonchev–Trinajstić information content (AvgIpc) is 2.87. The highest BCUT2D eigenvalue weighted by molar-refractivity contribution is 5.91. The molecule has 2 aromatic heterocycles. The minimum absolute atomic E-state index is 0.179. The highest BCUT2D eigenvalue weighted by Crippen LogP contribution is 2.13. The SMILES string of the molecule is CC(C)c1ncnn1-c1cnc(C(=O)N(C)C)cn1. The molecule has 2 aromatic rings. The van der Waals surface area contributed by atoms with Crippen molar-refractivity contribution in [1.29, 1.82) is 0 Å². The molecular formula is C12H16N6O. The summed E-state index contributed by atoms with van der Waals surface area (Å²) in [5.74, 6) is 1.41. The molecule has 0 radical (unpaired) electrons. The van der Waals surface area contributed by atoms with E-state index in [0.29, 0.717) is 11.5 Å². The monoisotopic (exact) mass is 260 g/mol. The lowest BCUT2D eigenvalue weighted by atomic mass is 10.2. The molecular weight excluding hydrogens is 244 g/mol. The van der Waals surface area contributed by atoms with Crippen LogP contribution in [0.2, 0.25) is 0 Å². The number of hydrogen-bond donors (Lipinski definition) is 0. The minimum atomic E-state index is -0.179. The molecule has 0 aliphatic rings. The quantitative estimate of drug-likeness (QED) is 0.818. The van der Waals surface area contributed by atoms with Crippen molar-refractivity contribution in [2.45, 2.75) is 19.8 Å². The third-order valence-corrected chi connectivity index (χ3v) is 2.57. The molecule has 19 heavy (non-hydrogen) atoms. The molecule has 0 saturated carbocycles. The molecule has 0 aliphatic carbocycles. The zero-order chi connectivity index (χ0) is 14.0. The van der Waals surface area contributed by atoms with Gasteiger partial charge in [-0.15, -0.1) is 0 Å². The average molecular weight is 260 g/mol. The van der Waals surface area contributed by atoms with Crippen LogP contribution in [0.5, 0.6) is 0 Å². The maximum atomic E-state index is 11.7. The Hall–Kier alpha value is -2.31. The Kier molecular flexibility index (Phi) is 3.55. The maximum absolute atomic E-state index is 11.7. The van der Waals surface area contributed by atoms with Gasteiger partial charge in [0.05, 0.1) is 12.4 Å². The van der Waals surface area contributed by atoms with Gasteiger partial charge < -0.3 is 4.90 Å². The van der Waals surface area contributed by atoms with E-state index in [2.05, 4.69) is 20.1 Å². The second-order valence-electron chi connectivity index (χ2n) is 4.64. The third-order valence-electron chi connectivity index (χ3n) is 2.57. The second-order valence-corrected chi connectivity index (χ2v) is 4.64. The van der Waals surface area contributed by atoms with Crippen LogP contribution in [0.15, 0.2) is 18.7 Å². The van der Waals surface area contributed by atoms with Crippen LogP contribution in [0.4, 0.5) is 0 Å². The molecule has 7 nitrogen and oxygen atoms in total. The molecule has 0 atom stereocenters. The Morgan fingerprint density at radius 2 is 1.95 bits per heavy atom. The van der Waals surface area contributed by atoms with Gasteiger partial charge >= 0.3 is 0 Å².